The molecule has 0 aliphatic carbocycles. The summed E-state index contributed by atoms with van der Waals surface area (Å²) >= 11 is 0. The zero-order valence-corrected chi connectivity index (χ0v) is 11.9. The van der Waals surface area contributed by atoms with Gasteiger partial charge in [0.05, 0.1) is 6.61 Å². The Labute approximate surface area is 115 Å². The number of para-hydroxylation sites is 1. The summed E-state index contributed by atoms with van der Waals surface area (Å²) in [5, 5.41) is 3.41. The molecule has 2 heterocycles. The van der Waals surface area contributed by atoms with Gasteiger partial charge in [-0.1, -0.05) is 32.0 Å². The minimum absolute atomic E-state index is 0.511. The van der Waals surface area contributed by atoms with E-state index in [0.29, 0.717) is 18.0 Å². The zero-order chi connectivity index (χ0) is 13.2. The van der Waals surface area contributed by atoms with Crippen molar-refractivity contribution in [3.05, 3.63) is 29.8 Å². The van der Waals surface area contributed by atoms with Gasteiger partial charge < -0.3 is 10.1 Å². The molecule has 2 unspecified atom stereocenters. The van der Waals surface area contributed by atoms with Gasteiger partial charge in [0.1, 0.15) is 5.75 Å². The lowest BCUT2D eigenvalue weighted by atomic mass is 9.88. The summed E-state index contributed by atoms with van der Waals surface area (Å²) in [6.07, 6.45) is 1.21. The molecular weight excluding hydrogens is 236 g/mol. The highest BCUT2D eigenvalue weighted by Crippen LogP contribution is 2.40. The molecule has 1 fully saturated rings. The Morgan fingerprint density at radius 1 is 1.32 bits per heavy atom. The molecule has 0 aromatic heterocycles. The molecule has 2 aliphatic heterocycles. The second kappa shape index (κ2) is 5.51. The van der Waals surface area contributed by atoms with E-state index in [1.807, 2.05) is 0 Å². The van der Waals surface area contributed by atoms with Crippen molar-refractivity contribution in [3.63, 3.8) is 0 Å². The van der Waals surface area contributed by atoms with E-state index < -0.39 is 0 Å². The summed E-state index contributed by atoms with van der Waals surface area (Å²) in [5.74, 6) is 1.64. The number of benzene rings is 1. The Hall–Kier alpha value is -1.06. The predicted octanol–water partition coefficient (Wildman–Crippen LogP) is 2.44. The van der Waals surface area contributed by atoms with Crippen molar-refractivity contribution in [2.45, 2.75) is 32.4 Å². The minimum Gasteiger partial charge on any atom is -0.493 e. The van der Waals surface area contributed by atoms with Crippen LogP contribution < -0.4 is 10.1 Å². The van der Waals surface area contributed by atoms with Crippen LogP contribution in [0.2, 0.25) is 0 Å². The highest BCUT2D eigenvalue weighted by atomic mass is 16.5. The Morgan fingerprint density at radius 2 is 2.11 bits per heavy atom. The lowest BCUT2D eigenvalue weighted by Gasteiger charge is -2.47. The molecule has 0 amide bonds. The van der Waals surface area contributed by atoms with Crippen molar-refractivity contribution in [1.29, 1.82) is 0 Å². The van der Waals surface area contributed by atoms with Gasteiger partial charge in [-0.25, -0.2) is 0 Å². The van der Waals surface area contributed by atoms with E-state index in [9.17, 15) is 0 Å². The SMILES string of the molecule is CCCN(C1CNC1)C1c2ccccc2OCC1C. The van der Waals surface area contributed by atoms with E-state index in [1.54, 1.807) is 0 Å². The van der Waals surface area contributed by atoms with Crippen LogP contribution in [0.25, 0.3) is 0 Å². The molecule has 1 aromatic carbocycles. The fraction of sp³-hybridized carbons (Fsp3) is 0.625. The largest absolute Gasteiger partial charge is 0.493 e. The van der Waals surface area contributed by atoms with Gasteiger partial charge in [0.2, 0.25) is 0 Å². The standard InChI is InChI=1S/C16H24N2O/c1-3-8-18(13-9-17-10-13)16-12(2)11-19-15-7-5-4-6-14(15)16/h4-7,12-13,16-17H,3,8-11H2,1-2H3. The van der Waals surface area contributed by atoms with Gasteiger partial charge in [-0.05, 0) is 19.0 Å². The first-order valence-corrected chi connectivity index (χ1v) is 7.49. The number of rotatable bonds is 4. The van der Waals surface area contributed by atoms with Crippen LogP contribution in [-0.4, -0.2) is 37.2 Å². The Morgan fingerprint density at radius 3 is 2.79 bits per heavy atom. The minimum atomic E-state index is 0.511. The lowest BCUT2D eigenvalue weighted by molar-refractivity contribution is 0.0354. The number of hydrogen-bond acceptors (Lipinski definition) is 3. The van der Waals surface area contributed by atoms with Crippen molar-refractivity contribution in [2.24, 2.45) is 5.92 Å². The third kappa shape index (κ3) is 2.37. The van der Waals surface area contributed by atoms with Gasteiger partial charge in [-0.2, -0.15) is 0 Å². The predicted molar refractivity (Wildman–Crippen MR) is 77.5 cm³/mol. The average molecular weight is 260 g/mol. The summed E-state index contributed by atoms with van der Waals surface area (Å²) < 4.78 is 5.88. The number of ether oxygens (including phenoxy) is 1. The van der Waals surface area contributed by atoms with Crippen LogP contribution in [0, 0.1) is 5.92 Å². The molecule has 3 rings (SSSR count). The monoisotopic (exact) mass is 260 g/mol. The molecule has 3 heteroatoms. The molecule has 1 saturated heterocycles. The Kier molecular flexibility index (Phi) is 3.76. The smallest absolute Gasteiger partial charge is 0.124 e. The van der Waals surface area contributed by atoms with E-state index in [1.165, 1.54) is 18.5 Å². The molecule has 0 bridgehead atoms. The molecule has 104 valence electrons. The van der Waals surface area contributed by atoms with E-state index in [4.69, 9.17) is 4.74 Å². The van der Waals surface area contributed by atoms with Crippen LogP contribution in [-0.2, 0) is 0 Å². The molecule has 0 spiro atoms. The van der Waals surface area contributed by atoms with Crippen LogP contribution in [0.15, 0.2) is 24.3 Å². The first kappa shape index (κ1) is 12.9. The maximum absolute atomic E-state index is 5.88. The maximum atomic E-state index is 5.88. The van der Waals surface area contributed by atoms with Gasteiger partial charge in [-0.3, -0.25) is 4.90 Å². The molecule has 0 saturated carbocycles. The summed E-state index contributed by atoms with van der Waals surface area (Å²) in [6, 6.07) is 9.76. The van der Waals surface area contributed by atoms with Crippen molar-refractivity contribution in [1.82, 2.24) is 10.2 Å². The molecule has 1 N–H and O–H groups in total. The second-order valence-electron chi connectivity index (χ2n) is 5.82. The van der Waals surface area contributed by atoms with Gasteiger partial charge in [0.15, 0.2) is 0 Å². The third-order valence-electron chi connectivity index (χ3n) is 4.35. The topological polar surface area (TPSA) is 24.5 Å². The van der Waals surface area contributed by atoms with E-state index in [-0.39, 0.29) is 0 Å². The second-order valence-corrected chi connectivity index (χ2v) is 5.82. The van der Waals surface area contributed by atoms with Crippen molar-refractivity contribution >= 4 is 0 Å². The van der Waals surface area contributed by atoms with Crippen molar-refractivity contribution < 1.29 is 4.74 Å². The normalized spacial score (nSPS) is 26.7. The molecule has 1 aromatic rings. The van der Waals surface area contributed by atoms with Crippen molar-refractivity contribution in [3.8, 4) is 5.75 Å². The highest BCUT2D eigenvalue weighted by Gasteiger charge is 2.37. The van der Waals surface area contributed by atoms with Gasteiger partial charge >= 0.3 is 0 Å². The van der Waals surface area contributed by atoms with Gasteiger partial charge in [-0.15, -0.1) is 0 Å². The van der Waals surface area contributed by atoms with Crippen LogP contribution in [0.3, 0.4) is 0 Å². The lowest BCUT2D eigenvalue weighted by Crippen LogP contribution is -2.59. The number of hydrogen-bond donors (Lipinski definition) is 1. The summed E-state index contributed by atoms with van der Waals surface area (Å²) in [5.41, 5.74) is 1.38. The average Bonchev–Trinajstić information content (AvgIpc) is 2.36. The summed E-state index contributed by atoms with van der Waals surface area (Å²) in [6.45, 7) is 8.86. The first-order valence-electron chi connectivity index (χ1n) is 7.49. The third-order valence-corrected chi connectivity index (χ3v) is 4.35. The molecule has 0 radical (unpaired) electrons. The fourth-order valence-electron chi connectivity index (χ4n) is 3.30. The van der Waals surface area contributed by atoms with E-state index >= 15 is 0 Å². The zero-order valence-electron chi connectivity index (χ0n) is 11.9. The first-order chi connectivity index (χ1) is 9.31. The van der Waals surface area contributed by atoms with Crippen molar-refractivity contribution in [2.75, 3.05) is 26.2 Å². The Bertz CT molecular complexity index is 431. The highest BCUT2D eigenvalue weighted by molar-refractivity contribution is 5.38. The molecular formula is C16H24N2O. The quantitative estimate of drug-likeness (QED) is 0.900. The molecule has 19 heavy (non-hydrogen) atoms. The summed E-state index contributed by atoms with van der Waals surface area (Å²) in [4.78, 5) is 2.70. The van der Waals surface area contributed by atoms with Crippen LogP contribution in [0.4, 0.5) is 0 Å². The van der Waals surface area contributed by atoms with Gasteiger partial charge in [0.25, 0.3) is 0 Å². The molecule has 2 aliphatic rings. The van der Waals surface area contributed by atoms with Crippen LogP contribution in [0.1, 0.15) is 31.9 Å². The Balaban J connectivity index is 1.91. The number of fused-ring (bicyclic) bond motifs is 1. The van der Waals surface area contributed by atoms with E-state index in [0.717, 1.165) is 25.4 Å². The number of nitrogens with zero attached hydrogens (tertiary/aromatic N) is 1. The van der Waals surface area contributed by atoms with Crippen LogP contribution in [0.5, 0.6) is 5.75 Å². The van der Waals surface area contributed by atoms with Crippen LogP contribution >= 0.6 is 0 Å². The molecule has 3 nitrogen and oxygen atoms in total. The maximum Gasteiger partial charge on any atom is 0.124 e. The van der Waals surface area contributed by atoms with Gasteiger partial charge in [0, 0.05) is 36.7 Å². The summed E-state index contributed by atoms with van der Waals surface area (Å²) in [7, 11) is 0. The fourth-order valence-corrected chi connectivity index (χ4v) is 3.30. The number of nitrogens with one attached hydrogen (secondary N) is 1. The van der Waals surface area contributed by atoms with E-state index in [2.05, 4.69) is 48.3 Å². The molecule has 2 atom stereocenters.